The molecular formula is C29H36F2N8. The van der Waals surface area contributed by atoms with Gasteiger partial charge in [-0.1, -0.05) is 6.07 Å². The van der Waals surface area contributed by atoms with Gasteiger partial charge in [0.25, 0.3) is 0 Å². The molecule has 0 saturated carbocycles. The van der Waals surface area contributed by atoms with Crippen molar-refractivity contribution in [2.75, 3.05) is 32.5 Å². The highest BCUT2D eigenvalue weighted by molar-refractivity contribution is 5.83. The Hall–Kier alpha value is -3.50. The zero-order chi connectivity index (χ0) is 28.1. The Labute approximate surface area is 228 Å². The maximum absolute atomic E-state index is 15.1. The Morgan fingerprint density at radius 1 is 1.08 bits per heavy atom. The Morgan fingerprint density at radius 3 is 2.56 bits per heavy atom. The van der Waals surface area contributed by atoms with Crippen LogP contribution in [0.25, 0.3) is 22.3 Å². The first-order chi connectivity index (χ1) is 18.4. The molecule has 0 aliphatic carbocycles. The average molecular weight is 535 g/mol. The number of fused-ring (bicyclic) bond motifs is 2. The fraction of sp³-hybridized carbons (Fsp3) is 0.448. The highest BCUT2D eigenvalue weighted by atomic mass is 19.1. The first-order valence-electron chi connectivity index (χ1n) is 13.3. The Balaban J connectivity index is 1.42. The molecule has 4 heterocycles. The summed E-state index contributed by atoms with van der Waals surface area (Å²) in [5.41, 5.74) is 3.08. The molecule has 1 aliphatic rings. The molecule has 8 nitrogen and oxygen atoms in total. The summed E-state index contributed by atoms with van der Waals surface area (Å²) in [6, 6.07) is 7.42. The van der Waals surface area contributed by atoms with Crippen molar-refractivity contribution in [3.63, 3.8) is 0 Å². The average Bonchev–Trinajstić information content (AvgIpc) is 3.21. The monoisotopic (exact) mass is 534 g/mol. The van der Waals surface area contributed by atoms with Crippen LogP contribution in [0.3, 0.4) is 0 Å². The largest absolute Gasteiger partial charge is 0.323 e. The van der Waals surface area contributed by atoms with Gasteiger partial charge in [-0.25, -0.2) is 28.7 Å². The molecule has 206 valence electrons. The number of benzene rings is 1. The summed E-state index contributed by atoms with van der Waals surface area (Å²) >= 11 is 0. The predicted molar refractivity (Wildman–Crippen MR) is 150 cm³/mol. The van der Waals surface area contributed by atoms with Crippen molar-refractivity contribution in [3.05, 3.63) is 59.2 Å². The summed E-state index contributed by atoms with van der Waals surface area (Å²) in [6.07, 6.45) is 1.94. The van der Waals surface area contributed by atoms with Gasteiger partial charge in [0.15, 0.2) is 11.6 Å². The number of likely N-dealkylation sites (N-methyl/N-ethyl adjacent to an activating group) is 1. The van der Waals surface area contributed by atoms with E-state index in [1.807, 2.05) is 38.3 Å². The minimum atomic E-state index is -0.636. The van der Waals surface area contributed by atoms with E-state index in [-0.39, 0.29) is 22.7 Å². The molecule has 1 atom stereocenters. The lowest BCUT2D eigenvalue weighted by Crippen LogP contribution is -2.43. The molecule has 39 heavy (non-hydrogen) atoms. The molecule has 0 fully saturated rings. The number of nitrogens with one attached hydrogen (secondary N) is 1. The molecular weight excluding hydrogens is 498 g/mol. The fourth-order valence-corrected chi connectivity index (χ4v) is 5.51. The van der Waals surface area contributed by atoms with E-state index in [4.69, 9.17) is 4.98 Å². The number of rotatable bonds is 6. The molecule has 0 saturated heterocycles. The maximum atomic E-state index is 15.1. The molecule has 5 rings (SSSR count). The van der Waals surface area contributed by atoms with Crippen LogP contribution in [0.5, 0.6) is 0 Å². The van der Waals surface area contributed by atoms with Gasteiger partial charge in [0.05, 0.1) is 11.7 Å². The van der Waals surface area contributed by atoms with Crippen molar-refractivity contribution in [1.82, 2.24) is 34.3 Å². The van der Waals surface area contributed by atoms with Crippen molar-refractivity contribution in [2.45, 2.75) is 59.2 Å². The second-order valence-electron chi connectivity index (χ2n) is 11.6. The number of imidazole rings is 1. The highest BCUT2D eigenvalue weighted by Gasteiger charge is 2.24. The minimum absolute atomic E-state index is 0.0103. The normalized spacial score (nSPS) is 15.1. The SMILES string of the molecule is Cc1nc2c(F)cc(-c3nc(Nc4ccc5c(n4)CCN(C(C)CN(C)C)C5)ncc3F)cc2n1C(C)(C)C. The van der Waals surface area contributed by atoms with Crippen LogP contribution in [-0.4, -0.2) is 67.5 Å². The molecule has 0 bridgehead atoms. The Bertz CT molecular complexity index is 1520. The molecule has 0 amide bonds. The first-order valence-corrected chi connectivity index (χ1v) is 13.3. The summed E-state index contributed by atoms with van der Waals surface area (Å²) < 4.78 is 32.0. The Morgan fingerprint density at radius 2 is 1.85 bits per heavy atom. The second kappa shape index (κ2) is 10.2. The van der Waals surface area contributed by atoms with Crippen molar-refractivity contribution >= 4 is 22.8 Å². The molecule has 0 spiro atoms. The lowest BCUT2D eigenvalue weighted by molar-refractivity contribution is 0.158. The van der Waals surface area contributed by atoms with Gasteiger partial charge in [-0.15, -0.1) is 0 Å². The third kappa shape index (κ3) is 5.49. The van der Waals surface area contributed by atoms with Gasteiger partial charge >= 0.3 is 0 Å². The van der Waals surface area contributed by atoms with Crippen molar-refractivity contribution in [2.24, 2.45) is 0 Å². The second-order valence-corrected chi connectivity index (χ2v) is 11.6. The van der Waals surface area contributed by atoms with E-state index in [0.29, 0.717) is 28.8 Å². The number of hydrogen-bond acceptors (Lipinski definition) is 7. The quantitative estimate of drug-likeness (QED) is 0.361. The van der Waals surface area contributed by atoms with Crippen LogP contribution in [0.1, 0.15) is 44.8 Å². The van der Waals surface area contributed by atoms with Gasteiger partial charge in [-0.3, -0.25) is 4.90 Å². The summed E-state index contributed by atoms with van der Waals surface area (Å²) in [5, 5.41) is 3.11. The van der Waals surface area contributed by atoms with E-state index >= 15 is 4.39 Å². The number of hydrogen-bond donors (Lipinski definition) is 1. The smallest absolute Gasteiger partial charge is 0.229 e. The summed E-state index contributed by atoms with van der Waals surface area (Å²) in [6.45, 7) is 12.9. The molecule has 0 radical (unpaired) electrons. The van der Waals surface area contributed by atoms with E-state index < -0.39 is 11.6 Å². The number of anilines is 2. The van der Waals surface area contributed by atoms with Gasteiger partial charge in [0, 0.05) is 48.9 Å². The van der Waals surface area contributed by atoms with Crippen LogP contribution in [0.4, 0.5) is 20.5 Å². The van der Waals surface area contributed by atoms with Crippen LogP contribution in [0.2, 0.25) is 0 Å². The third-order valence-corrected chi connectivity index (χ3v) is 7.14. The molecule has 10 heteroatoms. The van der Waals surface area contributed by atoms with Gasteiger partial charge in [0.2, 0.25) is 5.95 Å². The predicted octanol–water partition coefficient (Wildman–Crippen LogP) is 5.28. The molecule has 3 aromatic heterocycles. The maximum Gasteiger partial charge on any atom is 0.229 e. The summed E-state index contributed by atoms with van der Waals surface area (Å²) in [5.74, 6) is 0.309. The summed E-state index contributed by atoms with van der Waals surface area (Å²) in [7, 11) is 4.18. The van der Waals surface area contributed by atoms with Crippen LogP contribution < -0.4 is 5.32 Å². The highest BCUT2D eigenvalue weighted by Crippen LogP contribution is 2.32. The van der Waals surface area contributed by atoms with Gasteiger partial charge < -0.3 is 14.8 Å². The number of nitrogens with zero attached hydrogens (tertiary/aromatic N) is 7. The number of pyridine rings is 1. The van der Waals surface area contributed by atoms with Crippen molar-refractivity contribution in [3.8, 4) is 11.3 Å². The molecule has 4 aromatic rings. The molecule has 1 N–H and O–H groups in total. The number of aromatic nitrogens is 5. The van der Waals surface area contributed by atoms with E-state index in [0.717, 1.165) is 37.9 Å². The summed E-state index contributed by atoms with van der Waals surface area (Å²) in [4.78, 5) is 22.4. The van der Waals surface area contributed by atoms with Gasteiger partial charge in [-0.2, -0.15) is 0 Å². The van der Waals surface area contributed by atoms with Gasteiger partial charge in [-0.05, 0) is 72.5 Å². The van der Waals surface area contributed by atoms with Crippen LogP contribution in [0.15, 0.2) is 30.5 Å². The molecule has 1 aromatic carbocycles. The number of halogens is 2. The van der Waals surface area contributed by atoms with Crippen molar-refractivity contribution in [1.29, 1.82) is 0 Å². The zero-order valence-corrected chi connectivity index (χ0v) is 23.7. The molecule has 1 unspecified atom stereocenters. The lowest BCUT2D eigenvalue weighted by atomic mass is 10.0. The molecule has 1 aliphatic heterocycles. The van der Waals surface area contributed by atoms with Crippen LogP contribution >= 0.6 is 0 Å². The van der Waals surface area contributed by atoms with E-state index in [1.165, 1.54) is 11.6 Å². The van der Waals surface area contributed by atoms with Crippen LogP contribution in [-0.2, 0) is 18.5 Å². The number of aryl methyl sites for hydroxylation is 1. The standard InChI is InChI=1S/C29H36F2N8/c1-17(15-37(6)7)38-11-10-23-19(16-38)8-9-25(34-23)35-28-32-14-22(31)26(36-28)20-12-21(30)27-24(13-20)39(18(2)33-27)29(3,4)5/h8-9,12-14,17H,10-11,15-16H2,1-7H3,(H,32,34,35,36). The van der Waals surface area contributed by atoms with E-state index in [9.17, 15) is 4.39 Å². The van der Waals surface area contributed by atoms with Crippen molar-refractivity contribution < 1.29 is 8.78 Å². The topological polar surface area (TPSA) is 75.0 Å². The van der Waals surface area contributed by atoms with Gasteiger partial charge in [0.1, 0.15) is 22.9 Å². The zero-order valence-electron chi connectivity index (χ0n) is 23.7. The van der Waals surface area contributed by atoms with Crippen LogP contribution in [0, 0.1) is 18.6 Å². The third-order valence-electron chi connectivity index (χ3n) is 7.14. The van der Waals surface area contributed by atoms with E-state index in [1.54, 1.807) is 6.07 Å². The Kier molecular flexibility index (Phi) is 7.11. The van der Waals surface area contributed by atoms with E-state index in [2.05, 4.69) is 57.2 Å². The lowest BCUT2D eigenvalue weighted by Gasteiger charge is -2.34. The fourth-order valence-electron chi connectivity index (χ4n) is 5.51. The first kappa shape index (κ1) is 27.1. The minimum Gasteiger partial charge on any atom is -0.323 e.